The molecule has 0 aromatic carbocycles. The molecule has 0 fully saturated rings. The molecule has 2 aromatic heterocycles. The zero-order valence-corrected chi connectivity index (χ0v) is 12.6. The van der Waals surface area contributed by atoms with Crippen molar-refractivity contribution in [2.45, 2.75) is 25.9 Å². The lowest BCUT2D eigenvalue weighted by Gasteiger charge is -2.24. The van der Waals surface area contributed by atoms with Crippen molar-refractivity contribution in [3.05, 3.63) is 65.6 Å². The summed E-state index contributed by atoms with van der Waals surface area (Å²) < 4.78 is 5.40. The number of Topliss-reactive ketones (excluding diaryl/α,β-unsaturated/α-hetero) is 1. The fourth-order valence-corrected chi connectivity index (χ4v) is 2.70. The highest BCUT2D eigenvalue weighted by Crippen LogP contribution is 2.39. The van der Waals surface area contributed by atoms with Gasteiger partial charge in [-0.15, -0.1) is 0 Å². The van der Waals surface area contributed by atoms with E-state index in [1.54, 1.807) is 37.4 Å². The van der Waals surface area contributed by atoms with E-state index in [-0.39, 0.29) is 24.3 Å². The molecule has 1 aliphatic rings. The minimum Gasteiger partial charge on any atom is -0.503 e. The Bertz CT molecular complexity index is 750. The van der Waals surface area contributed by atoms with Crippen LogP contribution in [0.15, 0.2) is 58.5 Å². The molecule has 0 saturated carbocycles. The first-order valence-corrected chi connectivity index (χ1v) is 7.34. The Balaban J connectivity index is 2.02. The number of rotatable bonds is 5. The molecule has 1 aliphatic heterocycles. The molecule has 0 saturated heterocycles. The minimum absolute atomic E-state index is 0.0865. The molecule has 118 valence electrons. The maximum absolute atomic E-state index is 12.4. The van der Waals surface area contributed by atoms with Gasteiger partial charge >= 0.3 is 0 Å². The van der Waals surface area contributed by atoms with E-state index in [1.807, 2.05) is 6.07 Å². The number of aliphatic hydroxyl groups is 1. The topological polar surface area (TPSA) is 83.6 Å². The first kappa shape index (κ1) is 15.0. The number of furan rings is 1. The maximum atomic E-state index is 12.4. The minimum atomic E-state index is -0.730. The zero-order chi connectivity index (χ0) is 16.4. The number of aromatic nitrogens is 1. The lowest BCUT2D eigenvalue weighted by atomic mass is 10.00. The van der Waals surface area contributed by atoms with Crippen molar-refractivity contribution < 1.29 is 19.1 Å². The average molecular weight is 312 g/mol. The summed E-state index contributed by atoms with van der Waals surface area (Å²) in [4.78, 5) is 30.3. The fraction of sp³-hybridized carbons (Fsp3) is 0.235. The summed E-state index contributed by atoms with van der Waals surface area (Å²) in [6.45, 7) is 1.86. The summed E-state index contributed by atoms with van der Waals surface area (Å²) in [7, 11) is 0. The van der Waals surface area contributed by atoms with Gasteiger partial charge in [-0.1, -0.05) is 13.0 Å². The monoisotopic (exact) mass is 312 g/mol. The highest BCUT2D eigenvalue weighted by molar-refractivity contribution is 6.08. The van der Waals surface area contributed by atoms with E-state index in [9.17, 15) is 14.7 Å². The van der Waals surface area contributed by atoms with Gasteiger partial charge in [0.05, 0.1) is 24.1 Å². The number of amides is 1. The van der Waals surface area contributed by atoms with Crippen molar-refractivity contribution in [1.29, 1.82) is 0 Å². The predicted molar refractivity (Wildman–Crippen MR) is 81.2 cm³/mol. The molecule has 0 radical (unpaired) electrons. The van der Waals surface area contributed by atoms with E-state index in [1.165, 1.54) is 11.2 Å². The highest BCUT2D eigenvalue weighted by atomic mass is 16.3. The molecule has 1 amide bonds. The van der Waals surface area contributed by atoms with Gasteiger partial charge in [-0.3, -0.25) is 14.6 Å². The Morgan fingerprint density at radius 1 is 1.35 bits per heavy atom. The van der Waals surface area contributed by atoms with Crippen LogP contribution >= 0.6 is 0 Å². The van der Waals surface area contributed by atoms with Crippen LogP contribution in [0.3, 0.4) is 0 Å². The Morgan fingerprint density at radius 2 is 2.17 bits per heavy atom. The van der Waals surface area contributed by atoms with E-state index in [4.69, 9.17) is 4.42 Å². The quantitative estimate of drug-likeness (QED) is 0.917. The summed E-state index contributed by atoms with van der Waals surface area (Å²) in [5.41, 5.74) is 0.749. The van der Waals surface area contributed by atoms with Crippen molar-refractivity contribution in [1.82, 2.24) is 9.88 Å². The van der Waals surface area contributed by atoms with Gasteiger partial charge in [0.15, 0.2) is 11.5 Å². The number of ketones is 1. The van der Waals surface area contributed by atoms with Gasteiger partial charge in [-0.05, 0) is 24.3 Å². The van der Waals surface area contributed by atoms with E-state index in [2.05, 4.69) is 4.98 Å². The van der Waals surface area contributed by atoms with Crippen molar-refractivity contribution in [2.24, 2.45) is 0 Å². The number of carbonyl (C=O) groups excluding carboxylic acids is 2. The predicted octanol–water partition coefficient (Wildman–Crippen LogP) is 2.55. The van der Waals surface area contributed by atoms with E-state index < -0.39 is 17.7 Å². The number of hydrogen-bond acceptors (Lipinski definition) is 5. The van der Waals surface area contributed by atoms with Crippen LogP contribution in [0, 0.1) is 0 Å². The number of nitrogens with zero attached hydrogens (tertiary/aromatic N) is 2. The molecule has 0 spiro atoms. The molecule has 3 rings (SSSR count). The molecule has 2 aromatic rings. The molecule has 0 bridgehead atoms. The zero-order valence-electron chi connectivity index (χ0n) is 12.6. The fourth-order valence-electron chi connectivity index (χ4n) is 2.70. The molecule has 1 atom stereocenters. The Labute approximate surface area is 133 Å². The number of pyridine rings is 1. The lowest BCUT2D eigenvalue weighted by Crippen LogP contribution is -2.30. The van der Waals surface area contributed by atoms with Gasteiger partial charge in [0.25, 0.3) is 5.91 Å². The van der Waals surface area contributed by atoms with Crippen LogP contribution in [-0.4, -0.2) is 26.7 Å². The average Bonchev–Trinajstić information content (AvgIpc) is 3.18. The van der Waals surface area contributed by atoms with E-state index in [0.717, 1.165) is 0 Å². The summed E-state index contributed by atoms with van der Waals surface area (Å²) >= 11 is 0. The molecular formula is C17H16N2O4. The van der Waals surface area contributed by atoms with Crippen LogP contribution in [0.25, 0.3) is 0 Å². The van der Waals surface area contributed by atoms with Crippen molar-refractivity contribution in [2.75, 3.05) is 0 Å². The smallest absolute Gasteiger partial charge is 0.290 e. The van der Waals surface area contributed by atoms with Crippen molar-refractivity contribution >= 4 is 11.7 Å². The molecule has 0 aliphatic carbocycles. The van der Waals surface area contributed by atoms with Gasteiger partial charge in [0.2, 0.25) is 0 Å². The third-order valence-corrected chi connectivity index (χ3v) is 3.80. The lowest BCUT2D eigenvalue weighted by molar-refractivity contribution is -0.130. The number of aliphatic hydroxyl groups excluding tert-OH is 1. The second-order valence-electron chi connectivity index (χ2n) is 5.21. The SMILES string of the molecule is CCC(=O)C1=C(O)C(=O)N(Cc2ccccn2)C1c1ccco1. The Kier molecular flexibility index (Phi) is 3.97. The first-order chi connectivity index (χ1) is 11.1. The van der Waals surface area contributed by atoms with Crippen LogP contribution in [-0.2, 0) is 16.1 Å². The molecule has 23 heavy (non-hydrogen) atoms. The first-order valence-electron chi connectivity index (χ1n) is 7.34. The highest BCUT2D eigenvalue weighted by Gasteiger charge is 2.44. The Morgan fingerprint density at radius 3 is 2.78 bits per heavy atom. The van der Waals surface area contributed by atoms with Crippen LogP contribution in [0.1, 0.15) is 30.8 Å². The van der Waals surface area contributed by atoms with Gasteiger partial charge in [0.1, 0.15) is 11.8 Å². The molecule has 1 unspecified atom stereocenters. The van der Waals surface area contributed by atoms with Gasteiger partial charge in [0, 0.05) is 12.6 Å². The standard InChI is InChI=1S/C17H16N2O4/c1-2-12(20)14-15(13-7-5-9-23-13)19(17(22)16(14)21)10-11-6-3-4-8-18-11/h3-9,15,21H,2,10H2,1H3. The molecular weight excluding hydrogens is 296 g/mol. The normalized spacial score (nSPS) is 17.9. The number of carbonyl (C=O) groups is 2. The van der Waals surface area contributed by atoms with Gasteiger partial charge in [-0.2, -0.15) is 0 Å². The molecule has 3 heterocycles. The van der Waals surface area contributed by atoms with Crippen LogP contribution < -0.4 is 0 Å². The third kappa shape index (κ3) is 2.63. The maximum Gasteiger partial charge on any atom is 0.290 e. The summed E-state index contributed by atoms with van der Waals surface area (Å²) in [5, 5.41) is 10.2. The molecule has 6 heteroatoms. The van der Waals surface area contributed by atoms with Gasteiger partial charge in [-0.25, -0.2) is 0 Å². The third-order valence-electron chi connectivity index (χ3n) is 3.80. The van der Waals surface area contributed by atoms with E-state index >= 15 is 0 Å². The van der Waals surface area contributed by atoms with Crippen LogP contribution in [0.4, 0.5) is 0 Å². The summed E-state index contributed by atoms with van der Waals surface area (Å²) in [6, 6.07) is 8.01. The summed E-state index contributed by atoms with van der Waals surface area (Å²) in [6.07, 6.45) is 3.30. The van der Waals surface area contributed by atoms with Gasteiger partial charge < -0.3 is 14.4 Å². The molecule has 6 nitrogen and oxygen atoms in total. The Hall–Kier alpha value is -2.89. The summed E-state index contributed by atoms with van der Waals surface area (Å²) in [5.74, 6) is -0.932. The van der Waals surface area contributed by atoms with Crippen LogP contribution in [0.5, 0.6) is 0 Å². The van der Waals surface area contributed by atoms with E-state index in [0.29, 0.717) is 11.5 Å². The largest absolute Gasteiger partial charge is 0.503 e. The second-order valence-corrected chi connectivity index (χ2v) is 5.21. The van der Waals surface area contributed by atoms with Crippen LogP contribution in [0.2, 0.25) is 0 Å². The molecule has 1 N–H and O–H groups in total. The second kappa shape index (κ2) is 6.08. The van der Waals surface area contributed by atoms with Crippen molar-refractivity contribution in [3.63, 3.8) is 0 Å². The van der Waals surface area contributed by atoms with Crippen molar-refractivity contribution in [3.8, 4) is 0 Å². The number of hydrogen-bond donors (Lipinski definition) is 1.